The van der Waals surface area contributed by atoms with Gasteiger partial charge in [-0.15, -0.1) is 0 Å². The molecule has 0 fully saturated rings. The number of hydrogen-bond acceptors (Lipinski definition) is 4. The fourth-order valence-electron chi connectivity index (χ4n) is 2.01. The molecule has 6 heteroatoms. The number of rotatable bonds is 4. The molecule has 0 saturated carbocycles. The summed E-state index contributed by atoms with van der Waals surface area (Å²) in [5, 5.41) is 15.5. The minimum Gasteiger partial charge on any atom is -0.395 e. The molecular weight excluding hydrogens is 249 g/mol. The Morgan fingerprint density at radius 1 is 1.58 bits per heavy atom. The highest BCUT2D eigenvalue weighted by molar-refractivity contribution is 6.05. The molecule has 1 heterocycles. The SMILES string of the molecule is C[C@@H]1CC(=O)NN=C1c1ccc(NCCO)c(F)c1. The van der Waals surface area contributed by atoms with Crippen LogP contribution in [0.2, 0.25) is 0 Å². The van der Waals surface area contributed by atoms with Gasteiger partial charge in [0.1, 0.15) is 5.82 Å². The molecular formula is C13H16FN3O2. The Bertz CT molecular complexity index is 517. The number of hydrogen-bond donors (Lipinski definition) is 3. The summed E-state index contributed by atoms with van der Waals surface area (Å²) in [5.74, 6) is -0.569. The van der Waals surface area contributed by atoms with E-state index in [0.717, 1.165) is 0 Å². The molecule has 0 radical (unpaired) electrons. The van der Waals surface area contributed by atoms with Gasteiger partial charge in [-0.05, 0) is 12.1 Å². The van der Waals surface area contributed by atoms with Crippen LogP contribution in [0.15, 0.2) is 23.3 Å². The van der Waals surface area contributed by atoms with E-state index in [1.165, 1.54) is 6.07 Å². The van der Waals surface area contributed by atoms with Crippen LogP contribution in [0.25, 0.3) is 0 Å². The van der Waals surface area contributed by atoms with E-state index in [4.69, 9.17) is 5.11 Å². The molecule has 5 nitrogen and oxygen atoms in total. The fraction of sp³-hybridized carbons (Fsp3) is 0.385. The lowest BCUT2D eigenvalue weighted by Gasteiger charge is -2.19. The zero-order chi connectivity index (χ0) is 13.8. The summed E-state index contributed by atoms with van der Waals surface area (Å²) in [7, 11) is 0. The predicted octanol–water partition coefficient (Wildman–Crippen LogP) is 1.09. The van der Waals surface area contributed by atoms with Crippen LogP contribution in [0.1, 0.15) is 18.9 Å². The lowest BCUT2D eigenvalue weighted by Crippen LogP contribution is -2.32. The minimum absolute atomic E-state index is 0.0376. The molecule has 0 saturated heterocycles. The van der Waals surface area contributed by atoms with Gasteiger partial charge < -0.3 is 10.4 Å². The number of nitrogens with zero attached hydrogens (tertiary/aromatic N) is 1. The molecule has 1 aliphatic heterocycles. The number of aliphatic hydroxyl groups is 1. The van der Waals surface area contributed by atoms with Gasteiger partial charge in [-0.1, -0.05) is 13.0 Å². The quantitative estimate of drug-likeness (QED) is 0.763. The van der Waals surface area contributed by atoms with Gasteiger partial charge in [0.15, 0.2) is 0 Å². The van der Waals surface area contributed by atoms with Crippen molar-refractivity contribution < 1.29 is 14.3 Å². The molecule has 1 aromatic carbocycles. The first-order valence-electron chi connectivity index (χ1n) is 6.13. The fourth-order valence-corrected chi connectivity index (χ4v) is 2.01. The van der Waals surface area contributed by atoms with Crippen LogP contribution in [0, 0.1) is 11.7 Å². The molecule has 1 aromatic rings. The smallest absolute Gasteiger partial charge is 0.240 e. The van der Waals surface area contributed by atoms with Crippen LogP contribution in [-0.2, 0) is 4.79 Å². The maximum atomic E-state index is 13.8. The van der Waals surface area contributed by atoms with Crippen LogP contribution in [0.3, 0.4) is 0 Å². The molecule has 19 heavy (non-hydrogen) atoms. The molecule has 1 amide bonds. The maximum Gasteiger partial charge on any atom is 0.240 e. The van der Waals surface area contributed by atoms with Crippen molar-refractivity contribution in [2.75, 3.05) is 18.5 Å². The highest BCUT2D eigenvalue weighted by atomic mass is 19.1. The van der Waals surface area contributed by atoms with Crippen LogP contribution >= 0.6 is 0 Å². The van der Waals surface area contributed by atoms with Crippen molar-refractivity contribution in [2.45, 2.75) is 13.3 Å². The highest BCUT2D eigenvalue weighted by Crippen LogP contribution is 2.21. The average Bonchev–Trinajstić information content (AvgIpc) is 2.37. The van der Waals surface area contributed by atoms with Gasteiger partial charge in [-0.2, -0.15) is 5.10 Å². The summed E-state index contributed by atoms with van der Waals surface area (Å²) < 4.78 is 13.8. The van der Waals surface area contributed by atoms with Crippen LogP contribution in [0.4, 0.5) is 10.1 Å². The summed E-state index contributed by atoms with van der Waals surface area (Å²) >= 11 is 0. The van der Waals surface area contributed by atoms with Crippen molar-refractivity contribution in [3.63, 3.8) is 0 Å². The zero-order valence-corrected chi connectivity index (χ0v) is 10.6. The lowest BCUT2D eigenvalue weighted by atomic mass is 9.94. The predicted molar refractivity (Wildman–Crippen MR) is 70.4 cm³/mol. The molecule has 0 aromatic heterocycles. The van der Waals surface area contributed by atoms with Crippen molar-refractivity contribution in [3.05, 3.63) is 29.6 Å². The molecule has 0 bridgehead atoms. The van der Waals surface area contributed by atoms with E-state index in [-0.39, 0.29) is 18.4 Å². The second-order valence-corrected chi connectivity index (χ2v) is 4.48. The summed E-state index contributed by atoms with van der Waals surface area (Å²) in [5.41, 5.74) is 4.07. The van der Waals surface area contributed by atoms with E-state index in [0.29, 0.717) is 29.9 Å². The van der Waals surface area contributed by atoms with Gasteiger partial charge in [-0.3, -0.25) is 4.79 Å². The summed E-state index contributed by atoms with van der Waals surface area (Å²) in [6, 6.07) is 4.73. The van der Waals surface area contributed by atoms with Crippen molar-refractivity contribution in [1.29, 1.82) is 0 Å². The highest BCUT2D eigenvalue weighted by Gasteiger charge is 2.22. The maximum absolute atomic E-state index is 13.8. The van der Waals surface area contributed by atoms with Crippen LogP contribution in [-0.4, -0.2) is 29.9 Å². The molecule has 0 spiro atoms. The van der Waals surface area contributed by atoms with Gasteiger partial charge >= 0.3 is 0 Å². The van der Waals surface area contributed by atoms with Gasteiger partial charge in [-0.25, -0.2) is 9.82 Å². The largest absolute Gasteiger partial charge is 0.395 e. The standard InChI is InChI=1S/C13H16FN3O2/c1-8-6-12(19)16-17-13(8)9-2-3-11(10(14)7-9)15-4-5-18/h2-3,7-8,15,18H,4-6H2,1H3,(H,16,19)/t8-/m1/s1. The van der Waals surface area contributed by atoms with E-state index < -0.39 is 5.82 Å². The third-order valence-electron chi connectivity index (χ3n) is 2.95. The number of hydrazone groups is 1. The monoisotopic (exact) mass is 265 g/mol. The summed E-state index contributed by atoms with van der Waals surface area (Å²) in [6.45, 7) is 2.12. The Hall–Kier alpha value is -1.95. The van der Waals surface area contributed by atoms with E-state index in [9.17, 15) is 9.18 Å². The molecule has 102 valence electrons. The first-order valence-corrected chi connectivity index (χ1v) is 6.13. The lowest BCUT2D eigenvalue weighted by molar-refractivity contribution is -0.121. The van der Waals surface area contributed by atoms with Crippen molar-refractivity contribution in [3.8, 4) is 0 Å². The second kappa shape index (κ2) is 5.79. The third kappa shape index (κ3) is 3.08. The van der Waals surface area contributed by atoms with Crippen molar-refractivity contribution >= 4 is 17.3 Å². The van der Waals surface area contributed by atoms with E-state index in [2.05, 4.69) is 15.8 Å². The number of carbonyl (C=O) groups excluding carboxylic acids is 1. The van der Waals surface area contributed by atoms with Gasteiger partial charge in [0, 0.05) is 24.4 Å². The Morgan fingerprint density at radius 3 is 3.00 bits per heavy atom. The van der Waals surface area contributed by atoms with Gasteiger partial charge in [0.25, 0.3) is 0 Å². The first-order chi connectivity index (χ1) is 9.11. The van der Waals surface area contributed by atoms with Gasteiger partial charge in [0.05, 0.1) is 18.0 Å². The molecule has 2 rings (SSSR count). The normalized spacial score (nSPS) is 18.8. The zero-order valence-electron chi connectivity index (χ0n) is 10.6. The molecule has 0 aliphatic carbocycles. The van der Waals surface area contributed by atoms with Crippen LogP contribution < -0.4 is 10.7 Å². The number of amides is 1. The van der Waals surface area contributed by atoms with E-state index in [1.54, 1.807) is 12.1 Å². The second-order valence-electron chi connectivity index (χ2n) is 4.48. The third-order valence-corrected chi connectivity index (χ3v) is 2.95. The summed E-state index contributed by atoms with van der Waals surface area (Å²) in [4.78, 5) is 11.2. The Labute approximate surface area is 110 Å². The Morgan fingerprint density at radius 2 is 2.37 bits per heavy atom. The number of carbonyl (C=O) groups is 1. The van der Waals surface area contributed by atoms with Gasteiger partial charge in [0.2, 0.25) is 5.91 Å². The number of benzene rings is 1. The minimum atomic E-state index is -0.405. The first kappa shape index (κ1) is 13.5. The summed E-state index contributed by atoms with van der Waals surface area (Å²) in [6.07, 6.45) is 0.352. The molecule has 1 aliphatic rings. The number of aliphatic hydroxyl groups excluding tert-OH is 1. The van der Waals surface area contributed by atoms with E-state index in [1.807, 2.05) is 6.92 Å². The Balaban J connectivity index is 2.22. The van der Waals surface area contributed by atoms with Crippen molar-refractivity contribution in [1.82, 2.24) is 5.43 Å². The molecule has 3 N–H and O–H groups in total. The molecule has 1 atom stereocenters. The average molecular weight is 265 g/mol. The topological polar surface area (TPSA) is 73.7 Å². The Kier molecular flexibility index (Phi) is 4.11. The molecule has 0 unspecified atom stereocenters. The number of anilines is 1. The number of halogens is 1. The number of nitrogens with one attached hydrogen (secondary N) is 2. The van der Waals surface area contributed by atoms with Crippen molar-refractivity contribution in [2.24, 2.45) is 11.0 Å². The van der Waals surface area contributed by atoms with Crippen LogP contribution in [0.5, 0.6) is 0 Å². The van der Waals surface area contributed by atoms with E-state index >= 15 is 0 Å².